The molecule has 3 heteroatoms. The molecule has 98 valence electrons. The summed E-state index contributed by atoms with van der Waals surface area (Å²) >= 11 is 0. The molecule has 0 heterocycles. The summed E-state index contributed by atoms with van der Waals surface area (Å²) in [7, 11) is 0. The number of hydrogen-bond acceptors (Lipinski definition) is 2. The molecule has 1 aliphatic rings. The molecule has 0 aliphatic heterocycles. The van der Waals surface area contributed by atoms with Crippen LogP contribution in [0.25, 0.3) is 0 Å². The van der Waals surface area contributed by atoms with Gasteiger partial charge in [0, 0.05) is 17.6 Å². The van der Waals surface area contributed by atoms with Crippen molar-refractivity contribution in [3.63, 3.8) is 0 Å². The summed E-state index contributed by atoms with van der Waals surface area (Å²) in [6.45, 7) is 2.09. The Morgan fingerprint density at radius 1 is 1.33 bits per heavy atom. The van der Waals surface area contributed by atoms with Gasteiger partial charge in [0.2, 0.25) is 5.91 Å². The molecule has 3 N–H and O–H groups in total. The first-order valence-corrected chi connectivity index (χ1v) is 6.80. The maximum atomic E-state index is 12.1. The second-order valence-electron chi connectivity index (χ2n) is 5.31. The Balaban J connectivity index is 1.98. The van der Waals surface area contributed by atoms with Crippen LogP contribution in [-0.4, -0.2) is 11.4 Å². The lowest BCUT2D eigenvalue weighted by atomic mass is 9.94. The number of rotatable bonds is 4. The lowest BCUT2D eigenvalue weighted by molar-refractivity contribution is -0.117. The van der Waals surface area contributed by atoms with E-state index in [9.17, 15) is 4.79 Å². The number of anilines is 1. The minimum Gasteiger partial charge on any atom is -0.326 e. The predicted molar refractivity (Wildman–Crippen MR) is 74.5 cm³/mol. The molecule has 3 nitrogen and oxygen atoms in total. The third-order valence-electron chi connectivity index (χ3n) is 3.78. The number of aryl methyl sites for hydroxylation is 1. The highest BCUT2D eigenvalue weighted by Gasteiger charge is 2.31. The van der Waals surface area contributed by atoms with E-state index in [1.54, 1.807) is 0 Å². The van der Waals surface area contributed by atoms with Crippen molar-refractivity contribution in [3.05, 3.63) is 29.8 Å². The molecule has 0 atom stereocenters. The lowest BCUT2D eigenvalue weighted by Crippen LogP contribution is -2.40. The van der Waals surface area contributed by atoms with E-state index >= 15 is 0 Å². The Bertz CT molecular complexity index is 422. The van der Waals surface area contributed by atoms with Gasteiger partial charge in [0.15, 0.2) is 0 Å². The van der Waals surface area contributed by atoms with Crippen LogP contribution in [0.4, 0.5) is 5.69 Å². The molecule has 1 fully saturated rings. The molecule has 0 spiro atoms. The van der Waals surface area contributed by atoms with Gasteiger partial charge in [0.05, 0.1) is 0 Å². The number of carbonyl (C=O) groups excluding carboxylic acids is 1. The first kappa shape index (κ1) is 13.1. The summed E-state index contributed by atoms with van der Waals surface area (Å²) in [6.07, 6.45) is 5.59. The van der Waals surface area contributed by atoms with Gasteiger partial charge in [-0.1, -0.05) is 38.0 Å². The Labute approximate surface area is 109 Å². The maximum absolute atomic E-state index is 12.1. The minimum absolute atomic E-state index is 0.0419. The maximum Gasteiger partial charge on any atom is 0.226 e. The average Bonchev–Trinajstić information content (AvgIpc) is 2.76. The Morgan fingerprint density at radius 3 is 2.67 bits per heavy atom. The van der Waals surface area contributed by atoms with Crippen LogP contribution in [0.2, 0.25) is 0 Å². The summed E-state index contributed by atoms with van der Waals surface area (Å²) < 4.78 is 0. The van der Waals surface area contributed by atoms with Crippen LogP contribution in [0.15, 0.2) is 24.3 Å². The minimum atomic E-state index is -0.273. The smallest absolute Gasteiger partial charge is 0.226 e. The van der Waals surface area contributed by atoms with Gasteiger partial charge < -0.3 is 11.1 Å². The van der Waals surface area contributed by atoms with Crippen molar-refractivity contribution >= 4 is 11.6 Å². The van der Waals surface area contributed by atoms with Gasteiger partial charge in [0.1, 0.15) is 0 Å². The zero-order valence-corrected chi connectivity index (χ0v) is 11.0. The van der Waals surface area contributed by atoms with E-state index in [2.05, 4.69) is 12.2 Å². The van der Waals surface area contributed by atoms with Crippen molar-refractivity contribution in [1.82, 2.24) is 0 Å². The Hall–Kier alpha value is -1.35. The molecule has 0 unspecified atom stereocenters. The molecule has 1 amide bonds. The highest BCUT2D eigenvalue weighted by atomic mass is 16.1. The van der Waals surface area contributed by atoms with Crippen LogP contribution < -0.4 is 11.1 Å². The summed E-state index contributed by atoms with van der Waals surface area (Å²) in [5.74, 6) is 0.0419. The summed E-state index contributed by atoms with van der Waals surface area (Å²) in [6, 6.07) is 7.94. The van der Waals surface area contributed by atoms with Gasteiger partial charge in [0.25, 0.3) is 0 Å². The van der Waals surface area contributed by atoms with Gasteiger partial charge >= 0.3 is 0 Å². The van der Waals surface area contributed by atoms with E-state index in [1.807, 2.05) is 24.3 Å². The number of nitrogens with two attached hydrogens (primary N) is 1. The van der Waals surface area contributed by atoms with E-state index in [0.29, 0.717) is 6.42 Å². The van der Waals surface area contributed by atoms with Gasteiger partial charge in [-0.2, -0.15) is 0 Å². The number of carbonyl (C=O) groups is 1. The van der Waals surface area contributed by atoms with Crippen LogP contribution in [0.1, 0.15) is 44.6 Å². The van der Waals surface area contributed by atoms with Crippen LogP contribution >= 0.6 is 0 Å². The molecule has 18 heavy (non-hydrogen) atoms. The van der Waals surface area contributed by atoms with Crippen molar-refractivity contribution in [1.29, 1.82) is 0 Å². The lowest BCUT2D eigenvalue weighted by Gasteiger charge is -2.22. The van der Waals surface area contributed by atoms with E-state index in [-0.39, 0.29) is 11.4 Å². The molecule has 0 aromatic heterocycles. The summed E-state index contributed by atoms with van der Waals surface area (Å²) in [5.41, 5.74) is 8.04. The molecular formula is C15H22N2O. The van der Waals surface area contributed by atoms with Crippen molar-refractivity contribution in [3.8, 4) is 0 Å². The van der Waals surface area contributed by atoms with Gasteiger partial charge in [-0.3, -0.25) is 4.79 Å². The fourth-order valence-corrected chi connectivity index (χ4v) is 2.72. The van der Waals surface area contributed by atoms with Crippen molar-refractivity contribution < 1.29 is 4.79 Å². The zero-order valence-electron chi connectivity index (χ0n) is 11.0. The van der Waals surface area contributed by atoms with E-state index < -0.39 is 0 Å². The molecule has 1 saturated carbocycles. The first-order chi connectivity index (χ1) is 8.63. The molecule has 2 rings (SSSR count). The number of para-hydroxylation sites is 1. The Morgan fingerprint density at radius 2 is 2.00 bits per heavy atom. The van der Waals surface area contributed by atoms with Crippen LogP contribution in [0.5, 0.6) is 0 Å². The fraction of sp³-hybridized carbons (Fsp3) is 0.533. The van der Waals surface area contributed by atoms with Crippen LogP contribution in [-0.2, 0) is 11.2 Å². The normalized spacial score (nSPS) is 17.7. The summed E-state index contributed by atoms with van der Waals surface area (Å²) in [5, 5.41) is 2.99. The molecule has 1 aliphatic carbocycles. The van der Waals surface area contributed by atoms with Crippen molar-refractivity contribution in [2.24, 2.45) is 5.73 Å². The molecule has 0 saturated heterocycles. The average molecular weight is 246 g/mol. The first-order valence-electron chi connectivity index (χ1n) is 6.80. The van der Waals surface area contributed by atoms with Gasteiger partial charge in [-0.15, -0.1) is 0 Å². The molecule has 1 aromatic carbocycles. The Kier molecular flexibility index (Phi) is 4.02. The van der Waals surface area contributed by atoms with Crippen molar-refractivity contribution in [2.75, 3.05) is 5.32 Å². The SMILES string of the molecule is CCc1ccccc1NC(=O)CC1(N)CCCC1. The number of amides is 1. The number of hydrogen-bond donors (Lipinski definition) is 2. The second-order valence-corrected chi connectivity index (χ2v) is 5.31. The van der Waals surface area contributed by atoms with E-state index in [4.69, 9.17) is 5.73 Å². The predicted octanol–water partition coefficient (Wildman–Crippen LogP) is 2.85. The monoisotopic (exact) mass is 246 g/mol. The number of benzene rings is 1. The van der Waals surface area contributed by atoms with E-state index in [1.165, 1.54) is 5.56 Å². The van der Waals surface area contributed by atoms with Crippen LogP contribution in [0, 0.1) is 0 Å². The molecule has 0 bridgehead atoms. The molecule has 1 aromatic rings. The molecule has 0 radical (unpaired) electrons. The van der Waals surface area contributed by atoms with Crippen molar-refractivity contribution in [2.45, 2.75) is 51.0 Å². The third-order valence-corrected chi connectivity index (χ3v) is 3.78. The standard InChI is InChI=1S/C15H22N2O/c1-2-12-7-3-4-8-13(12)17-14(18)11-15(16)9-5-6-10-15/h3-4,7-8H,2,5-6,9-11,16H2,1H3,(H,17,18). The highest BCUT2D eigenvalue weighted by molar-refractivity contribution is 5.92. The topological polar surface area (TPSA) is 55.1 Å². The number of nitrogens with one attached hydrogen (secondary N) is 1. The second kappa shape index (κ2) is 5.53. The third kappa shape index (κ3) is 3.10. The van der Waals surface area contributed by atoms with Gasteiger partial charge in [-0.05, 0) is 30.9 Å². The van der Waals surface area contributed by atoms with Gasteiger partial charge in [-0.25, -0.2) is 0 Å². The van der Waals surface area contributed by atoms with E-state index in [0.717, 1.165) is 37.8 Å². The quantitative estimate of drug-likeness (QED) is 0.858. The highest BCUT2D eigenvalue weighted by Crippen LogP contribution is 2.30. The fourth-order valence-electron chi connectivity index (χ4n) is 2.72. The van der Waals surface area contributed by atoms with Crippen LogP contribution in [0.3, 0.4) is 0 Å². The summed E-state index contributed by atoms with van der Waals surface area (Å²) in [4.78, 5) is 12.1. The zero-order chi connectivity index (χ0) is 13.0. The largest absolute Gasteiger partial charge is 0.326 e. The molecular weight excluding hydrogens is 224 g/mol.